The Morgan fingerprint density at radius 3 is 2.30 bits per heavy atom. The molecule has 6 nitrogen and oxygen atoms in total. The maximum absolute atomic E-state index is 12.0. The molecule has 0 saturated heterocycles. The molecule has 1 amide bonds. The van der Waals surface area contributed by atoms with Gasteiger partial charge in [-0.05, 0) is 71.8 Å². The number of pyridine rings is 2. The van der Waals surface area contributed by atoms with E-state index < -0.39 is 6.04 Å². The van der Waals surface area contributed by atoms with E-state index in [1.165, 1.54) is 16.7 Å². The molecule has 3 aromatic rings. The normalized spacial score (nSPS) is 11.8. The van der Waals surface area contributed by atoms with Crippen molar-refractivity contribution in [1.29, 1.82) is 0 Å². The predicted molar refractivity (Wildman–Crippen MR) is 120 cm³/mol. The van der Waals surface area contributed by atoms with E-state index >= 15 is 0 Å². The average Bonchev–Trinajstić information content (AvgIpc) is 2.76. The fraction of sp³-hybridized carbons (Fsp3) is 0.292. The molecule has 156 valence electrons. The Morgan fingerprint density at radius 1 is 0.933 bits per heavy atom. The highest BCUT2D eigenvalue weighted by Crippen LogP contribution is 2.18. The van der Waals surface area contributed by atoms with E-state index in [1.54, 1.807) is 0 Å². The van der Waals surface area contributed by atoms with Crippen LogP contribution in [-0.4, -0.2) is 36.5 Å². The number of nitrogens with two attached hydrogens (primary N) is 1. The third-order valence-corrected chi connectivity index (χ3v) is 5.21. The lowest BCUT2D eigenvalue weighted by Crippen LogP contribution is -2.34. The predicted octanol–water partition coefficient (Wildman–Crippen LogP) is 2.69. The van der Waals surface area contributed by atoms with Crippen molar-refractivity contribution in [3.05, 3.63) is 89.5 Å². The molecular weight excluding hydrogens is 374 g/mol. The molecule has 3 N–H and O–H groups in total. The summed E-state index contributed by atoms with van der Waals surface area (Å²) in [6.07, 6.45) is 10.0. The van der Waals surface area contributed by atoms with Crippen molar-refractivity contribution in [2.24, 2.45) is 5.73 Å². The van der Waals surface area contributed by atoms with Gasteiger partial charge < -0.3 is 16.0 Å². The van der Waals surface area contributed by atoms with Gasteiger partial charge in [0.25, 0.3) is 0 Å². The smallest absolute Gasteiger partial charge is 0.239 e. The minimum absolute atomic E-state index is 0.375. The first-order chi connectivity index (χ1) is 14.5. The molecular formula is C24H29N5O. The van der Waals surface area contributed by atoms with E-state index in [0.29, 0.717) is 6.54 Å². The van der Waals surface area contributed by atoms with Crippen LogP contribution in [0.1, 0.15) is 28.3 Å². The van der Waals surface area contributed by atoms with Crippen LogP contribution in [-0.2, 0) is 24.1 Å². The SMILES string of the molecule is CN(C)c1ccc(C(NCCc2ccncc2CCc2ccncc2)C(N)=O)cc1. The van der Waals surface area contributed by atoms with Gasteiger partial charge in [-0.25, -0.2) is 0 Å². The highest BCUT2D eigenvalue weighted by Gasteiger charge is 2.17. The van der Waals surface area contributed by atoms with Crippen LogP contribution in [0.3, 0.4) is 0 Å². The van der Waals surface area contributed by atoms with Crippen molar-refractivity contribution in [2.75, 3.05) is 25.5 Å². The van der Waals surface area contributed by atoms with Crippen LogP contribution >= 0.6 is 0 Å². The van der Waals surface area contributed by atoms with Crippen molar-refractivity contribution >= 4 is 11.6 Å². The number of rotatable bonds is 10. The third kappa shape index (κ3) is 5.87. The number of hydrogen-bond donors (Lipinski definition) is 2. The number of primary amides is 1. The van der Waals surface area contributed by atoms with E-state index in [4.69, 9.17) is 5.73 Å². The molecule has 0 aliphatic rings. The number of hydrogen-bond acceptors (Lipinski definition) is 5. The summed E-state index contributed by atoms with van der Waals surface area (Å²) in [4.78, 5) is 22.4. The van der Waals surface area contributed by atoms with Gasteiger partial charge in [-0.3, -0.25) is 14.8 Å². The van der Waals surface area contributed by atoms with Gasteiger partial charge in [-0.1, -0.05) is 12.1 Å². The van der Waals surface area contributed by atoms with E-state index in [0.717, 1.165) is 30.5 Å². The summed E-state index contributed by atoms with van der Waals surface area (Å²) in [5.74, 6) is -0.375. The Hall–Kier alpha value is -3.25. The molecule has 0 saturated carbocycles. The van der Waals surface area contributed by atoms with E-state index in [9.17, 15) is 4.79 Å². The molecule has 2 heterocycles. The van der Waals surface area contributed by atoms with Crippen LogP contribution in [0.2, 0.25) is 0 Å². The topological polar surface area (TPSA) is 84.1 Å². The van der Waals surface area contributed by atoms with Crippen LogP contribution in [0.25, 0.3) is 0 Å². The number of nitrogens with zero attached hydrogens (tertiary/aromatic N) is 3. The van der Waals surface area contributed by atoms with Gasteiger partial charge in [0.15, 0.2) is 0 Å². The second-order valence-electron chi connectivity index (χ2n) is 7.53. The quantitative estimate of drug-likeness (QED) is 0.544. The lowest BCUT2D eigenvalue weighted by Gasteiger charge is -2.18. The van der Waals surface area contributed by atoms with E-state index in [-0.39, 0.29) is 5.91 Å². The lowest BCUT2D eigenvalue weighted by atomic mass is 10.00. The highest BCUT2D eigenvalue weighted by atomic mass is 16.1. The molecule has 1 atom stereocenters. The third-order valence-electron chi connectivity index (χ3n) is 5.21. The zero-order chi connectivity index (χ0) is 21.3. The fourth-order valence-electron chi connectivity index (χ4n) is 3.45. The van der Waals surface area contributed by atoms with Crippen molar-refractivity contribution in [3.8, 4) is 0 Å². The van der Waals surface area contributed by atoms with Crippen LogP contribution in [0.4, 0.5) is 5.69 Å². The average molecular weight is 404 g/mol. The van der Waals surface area contributed by atoms with Gasteiger partial charge in [0.2, 0.25) is 5.91 Å². The summed E-state index contributed by atoms with van der Waals surface area (Å²) in [5.41, 5.74) is 11.3. The number of carbonyl (C=O) groups excluding carboxylic acids is 1. The summed E-state index contributed by atoms with van der Waals surface area (Å²) in [5, 5.41) is 3.32. The summed E-state index contributed by atoms with van der Waals surface area (Å²) >= 11 is 0. The first-order valence-electron chi connectivity index (χ1n) is 10.1. The maximum atomic E-state index is 12.0. The highest BCUT2D eigenvalue weighted by molar-refractivity contribution is 5.81. The maximum Gasteiger partial charge on any atom is 0.239 e. The number of aromatic nitrogens is 2. The van der Waals surface area contributed by atoms with Gasteiger partial charge >= 0.3 is 0 Å². The number of benzene rings is 1. The molecule has 0 aliphatic heterocycles. The molecule has 1 unspecified atom stereocenters. The Labute approximate surface area is 178 Å². The molecule has 3 rings (SSSR count). The van der Waals surface area contributed by atoms with Crippen molar-refractivity contribution in [2.45, 2.75) is 25.3 Å². The molecule has 30 heavy (non-hydrogen) atoms. The number of aryl methyl sites for hydroxylation is 2. The zero-order valence-corrected chi connectivity index (χ0v) is 17.6. The first-order valence-corrected chi connectivity index (χ1v) is 10.1. The number of nitrogens with one attached hydrogen (secondary N) is 1. The van der Waals surface area contributed by atoms with Gasteiger partial charge in [0.1, 0.15) is 6.04 Å². The van der Waals surface area contributed by atoms with Crippen LogP contribution in [0.5, 0.6) is 0 Å². The van der Waals surface area contributed by atoms with Crippen LogP contribution in [0.15, 0.2) is 67.3 Å². The Bertz CT molecular complexity index is 941. The summed E-state index contributed by atoms with van der Waals surface area (Å²) in [6.45, 7) is 0.648. The Balaban J connectivity index is 1.61. The van der Waals surface area contributed by atoms with Gasteiger partial charge in [-0.15, -0.1) is 0 Å². The molecule has 0 aliphatic carbocycles. The minimum atomic E-state index is -0.511. The Kier molecular flexibility index (Phi) is 7.51. The first kappa shape index (κ1) is 21.5. The second kappa shape index (κ2) is 10.5. The number of amides is 1. The molecule has 1 aromatic carbocycles. The van der Waals surface area contributed by atoms with Crippen molar-refractivity contribution in [1.82, 2.24) is 15.3 Å². The molecule has 6 heteroatoms. The number of carbonyl (C=O) groups is 1. The zero-order valence-electron chi connectivity index (χ0n) is 17.6. The van der Waals surface area contributed by atoms with Crippen molar-refractivity contribution in [3.63, 3.8) is 0 Å². The van der Waals surface area contributed by atoms with Crippen LogP contribution in [0, 0.1) is 0 Å². The van der Waals surface area contributed by atoms with E-state index in [1.807, 2.05) is 80.2 Å². The summed E-state index contributed by atoms with van der Waals surface area (Å²) in [7, 11) is 3.97. The summed E-state index contributed by atoms with van der Waals surface area (Å²) < 4.78 is 0. The van der Waals surface area contributed by atoms with Crippen LogP contribution < -0.4 is 16.0 Å². The Morgan fingerprint density at radius 2 is 1.63 bits per heavy atom. The molecule has 0 bridgehead atoms. The number of anilines is 1. The lowest BCUT2D eigenvalue weighted by molar-refractivity contribution is -0.120. The van der Waals surface area contributed by atoms with Gasteiger partial charge in [0.05, 0.1) is 0 Å². The van der Waals surface area contributed by atoms with Gasteiger partial charge in [-0.2, -0.15) is 0 Å². The molecule has 0 radical (unpaired) electrons. The molecule has 0 fully saturated rings. The standard InChI is InChI=1S/C24H29N5O/c1-29(2)22-7-5-20(6-8-22)23(24(25)30)28-16-12-19-11-15-27-17-21(19)4-3-18-9-13-26-14-10-18/h5-11,13-15,17,23,28H,3-4,12,16H2,1-2H3,(H2,25,30). The van der Waals surface area contributed by atoms with E-state index in [2.05, 4.69) is 21.4 Å². The fourth-order valence-corrected chi connectivity index (χ4v) is 3.45. The largest absolute Gasteiger partial charge is 0.378 e. The minimum Gasteiger partial charge on any atom is -0.378 e. The second-order valence-corrected chi connectivity index (χ2v) is 7.53. The molecule has 2 aromatic heterocycles. The monoisotopic (exact) mass is 403 g/mol. The summed E-state index contributed by atoms with van der Waals surface area (Å²) in [6, 6.07) is 13.5. The van der Waals surface area contributed by atoms with Crippen molar-refractivity contribution < 1.29 is 4.79 Å². The van der Waals surface area contributed by atoms with Gasteiger partial charge in [0, 0.05) is 51.1 Å². The molecule has 0 spiro atoms.